The lowest BCUT2D eigenvalue weighted by atomic mass is 10.0. The number of halogens is 2. The average molecular weight is 505 g/mol. The molecule has 0 bridgehead atoms. The van der Waals surface area contributed by atoms with E-state index < -0.39 is 5.91 Å². The van der Waals surface area contributed by atoms with Crippen LogP contribution in [0.4, 0.5) is 0 Å². The van der Waals surface area contributed by atoms with Gasteiger partial charge in [0.05, 0.1) is 21.1 Å². The highest BCUT2D eigenvalue weighted by Gasteiger charge is 2.13. The summed E-state index contributed by atoms with van der Waals surface area (Å²) in [5.41, 5.74) is 9.78. The molecule has 4 N–H and O–H groups in total. The number of primary amides is 1. The van der Waals surface area contributed by atoms with Crippen LogP contribution < -0.4 is 11.1 Å². The third kappa shape index (κ3) is 4.80. The largest absolute Gasteiger partial charge is 0.366 e. The van der Waals surface area contributed by atoms with Gasteiger partial charge >= 0.3 is 0 Å². The Kier molecular flexibility index (Phi) is 6.07. The standard InChI is InChI=1S/C25H18Cl2N6O2/c26-17-7-16-3-13(5-20(23(28)34)22(16)30-11-17)4-18-8-15(1-2-29-18)25(35)33-10-14-6-19-21(27)12-32-24(19)31-9-14/h1-3,5-9,11-12H,4,10H2,(H2,28,34)(H,31,32)(H,33,35). The van der Waals surface area contributed by atoms with Crippen LogP contribution in [0.25, 0.3) is 21.9 Å². The van der Waals surface area contributed by atoms with E-state index in [-0.39, 0.29) is 5.91 Å². The van der Waals surface area contributed by atoms with E-state index >= 15 is 0 Å². The van der Waals surface area contributed by atoms with Gasteiger partial charge in [0, 0.05) is 59.8 Å². The van der Waals surface area contributed by atoms with Crippen LogP contribution in [0.5, 0.6) is 0 Å². The van der Waals surface area contributed by atoms with Gasteiger partial charge in [-0.3, -0.25) is 19.6 Å². The minimum absolute atomic E-state index is 0.249. The first-order valence-corrected chi connectivity index (χ1v) is 11.4. The Bertz CT molecular complexity index is 1620. The van der Waals surface area contributed by atoms with E-state index in [4.69, 9.17) is 28.9 Å². The third-order valence-corrected chi connectivity index (χ3v) is 6.05. The summed E-state index contributed by atoms with van der Waals surface area (Å²) in [6, 6.07) is 10.5. The zero-order chi connectivity index (χ0) is 24.5. The van der Waals surface area contributed by atoms with Gasteiger partial charge in [0.15, 0.2) is 0 Å². The van der Waals surface area contributed by atoms with E-state index in [0.717, 1.165) is 16.5 Å². The van der Waals surface area contributed by atoms with E-state index in [1.54, 1.807) is 42.9 Å². The maximum atomic E-state index is 12.8. The highest BCUT2D eigenvalue weighted by atomic mass is 35.5. The highest BCUT2D eigenvalue weighted by Crippen LogP contribution is 2.24. The van der Waals surface area contributed by atoms with Gasteiger partial charge in [-0.1, -0.05) is 23.2 Å². The summed E-state index contributed by atoms with van der Waals surface area (Å²) in [6.07, 6.45) is 6.79. The molecule has 0 atom stereocenters. The van der Waals surface area contributed by atoms with Gasteiger partial charge in [-0.15, -0.1) is 0 Å². The molecule has 5 rings (SSSR count). The second-order valence-corrected chi connectivity index (χ2v) is 8.85. The summed E-state index contributed by atoms with van der Waals surface area (Å²) in [5, 5.41) is 5.42. The van der Waals surface area contributed by atoms with Gasteiger partial charge in [0.25, 0.3) is 11.8 Å². The zero-order valence-corrected chi connectivity index (χ0v) is 19.7. The summed E-state index contributed by atoms with van der Waals surface area (Å²) < 4.78 is 0. The molecule has 0 saturated carbocycles. The molecular weight excluding hydrogens is 487 g/mol. The number of benzene rings is 1. The van der Waals surface area contributed by atoms with Crippen molar-refractivity contribution in [2.24, 2.45) is 5.73 Å². The Morgan fingerprint density at radius 3 is 2.69 bits per heavy atom. The number of H-pyrrole nitrogens is 1. The Balaban J connectivity index is 1.34. The van der Waals surface area contributed by atoms with Crippen LogP contribution in [0.1, 0.15) is 37.5 Å². The molecule has 0 fully saturated rings. The third-order valence-electron chi connectivity index (χ3n) is 5.53. The van der Waals surface area contributed by atoms with Crippen molar-refractivity contribution in [3.63, 3.8) is 0 Å². The van der Waals surface area contributed by atoms with E-state index in [0.29, 0.717) is 56.4 Å². The number of hydrogen-bond acceptors (Lipinski definition) is 5. The first-order chi connectivity index (χ1) is 16.9. The maximum Gasteiger partial charge on any atom is 0.251 e. The topological polar surface area (TPSA) is 127 Å². The molecule has 0 spiro atoms. The molecule has 8 nitrogen and oxygen atoms in total. The van der Waals surface area contributed by atoms with Gasteiger partial charge < -0.3 is 16.0 Å². The number of pyridine rings is 3. The van der Waals surface area contributed by atoms with Crippen molar-refractivity contribution >= 4 is 57.0 Å². The van der Waals surface area contributed by atoms with Crippen LogP contribution >= 0.6 is 23.2 Å². The molecule has 0 saturated heterocycles. The number of carbonyl (C=O) groups excluding carboxylic acids is 2. The van der Waals surface area contributed by atoms with Crippen LogP contribution in [0.2, 0.25) is 10.0 Å². The Hall–Kier alpha value is -4.01. The minimum atomic E-state index is -0.582. The quantitative estimate of drug-likeness (QED) is 0.315. The molecule has 174 valence electrons. The number of fused-ring (bicyclic) bond motifs is 2. The molecule has 0 radical (unpaired) electrons. The second-order valence-electron chi connectivity index (χ2n) is 8.00. The number of carbonyl (C=O) groups is 2. The van der Waals surface area contributed by atoms with Crippen molar-refractivity contribution < 1.29 is 9.59 Å². The second kappa shape index (κ2) is 9.32. The molecular formula is C25H18Cl2N6O2. The highest BCUT2D eigenvalue weighted by molar-refractivity contribution is 6.35. The Morgan fingerprint density at radius 2 is 1.86 bits per heavy atom. The lowest BCUT2D eigenvalue weighted by molar-refractivity contribution is 0.0949. The molecule has 0 aliphatic heterocycles. The molecule has 10 heteroatoms. The predicted octanol–water partition coefficient (Wildman–Crippen LogP) is 4.43. The SMILES string of the molecule is NC(=O)c1cc(Cc2cc(C(=O)NCc3cnc4[nH]cc(Cl)c4c3)ccn2)cc2cc(Cl)cnc12. The predicted molar refractivity (Wildman–Crippen MR) is 135 cm³/mol. The number of rotatable bonds is 6. The fourth-order valence-electron chi connectivity index (χ4n) is 3.90. The fourth-order valence-corrected chi connectivity index (χ4v) is 4.26. The average Bonchev–Trinajstić information content (AvgIpc) is 3.22. The van der Waals surface area contributed by atoms with Crippen LogP contribution in [-0.4, -0.2) is 31.8 Å². The zero-order valence-electron chi connectivity index (χ0n) is 18.2. The molecule has 4 heterocycles. The number of amides is 2. The van der Waals surface area contributed by atoms with Crippen LogP contribution in [0.3, 0.4) is 0 Å². The summed E-state index contributed by atoms with van der Waals surface area (Å²) in [4.78, 5) is 40.7. The lowest BCUT2D eigenvalue weighted by Crippen LogP contribution is -2.23. The first kappa shape index (κ1) is 22.8. The number of nitrogens with zero attached hydrogens (tertiary/aromatic N) is 3. The Labute approximate surface area is 209 Å². The van der Waals surface area contributed by atoms with Crippen molar-refractivity contribution in [1.29, 1.82) is 0 Å². The summed E-state index contributed by atoms with van der Waals surface area (Å²) in [5.74, 6) is -0.831. The molecule has 0 aliphatic rings. The molecule has 0 aliphatic carbocycles. The van der Waals surface area contributed by atoms with E-state index in [1.165, 1.54) is 6.20 Å². The van der Waals surface area contributed by atoms with Gasteiger partial charge in [-0.2, -0.15) is 0 Å². The molecule has 2 amide bonds. The molecule has 1 aromatic carbocycles. The van der Waals surface area contributed by atoms with Crippen LogP contribution in [-0.2, 0) is 13.0 Å². The summed E-state index contributed by atoms with van der Waals surface area (Å²) >= 11 is 12.2. The molecule has 5 aromatic rings. The number of nitrogens with two attached hydrogens (primary N) is 1. The van der Waals surface area contributed by atoms with E-state index in [2.05, 4.69) is 25.3 Å². The number of nitrogens with one attached hydrogen (secondary N) is 2. The van der Waals surface area contributed by atoms with Crippen LogP contribution in [0, 0.1) is 0 Å². The van der Waals surface area contributed by atoms with Crippen molar-refractivity contribution in [3.05, 3.63) is 99.2 Å². The smallest absolute Gasteiger partial charge is 0.251 e. The van der Waals surface area contributed by atoms with E-state index in [9.17, 15) is 9.59 Å². The van der Waals surface area contributed by atoms with Gasteiger partial charge in [-0.25, -0.2) is 4.98 Å². The molecule has 0 unspecified atom stereocenters. The first-order valence-electron chi connectivity index (χ1n) is 10.6. The number of aromatic amines is 1. The lowest BCUT2D eigenvalue weighted by Gasteiger charge is -2.09. The number of aromatic nitrogens is 4. The fraction of sp³-hybridized carbons (Fsp3) is 0.0800. The van der Waals surface area contributed by atoms with Crippen molar-refractivity contribution in [2.75, 3.05) is 0 Å². The normalized spacial score (nSPS) is 11.1. The molecule has 4 aromatic heterocycles. The number of hydrogen-bond donors (Lipinski definition) is 3. The van der Waals surface area contributed by atoms with Crippen molar-refractivity contribution in [2.45, 2.75) is 13.0 Å². The molecule has 35 heavy (non-hydrogen) atoms. The minimum Gasteiger partial charge on any atom is -0.366 e. The summed E-state index contributed by atoms with van der Waals surface area (Å²) in [6.45, 7) is 0.293. The maximum absolute atomic E-state index is 12.8. The summed E-state index contributed by atoms with van der Waals surface area (Å²) in [7, 11) is 0. The van der Waals surface area contributed by atoms with Crippen molar-refractivity contribution in [1.82, 2.24) is 25.3 Å². The van der Waals surface area contributed by atoms with Crippen LogP contribution in [0.15, 0.2) is 61.2 Å². The monoisotopic (exact) mass is 504 g/mol. The Morgan fingerprint density at radius 1 is 1.00 bits per heavy atom. The van der Waals surface area contributed by atoms with Gasteiger partial charge in [-0.05, 0) is 47.5 Å². The van der Waals surface area contributed by atoms with Crippen molar-refractivity contribution in [3.8, 4) is 0 Å². The van der Waals surface area contributed by atoms with Gasteiger partial charge in [0.1, 0.15) is 5.65 Å². The van der Waals surface area contributed by atoms with Gasteiger partial charge in [0.2, 0.25) is 0 Å². The van der Waals surface area contributed by atoms with E-state index in [1.807, 2.05) is 12.1 Å².